The number of hydrogen-bond acceptors (Lipinski definition) is 5. The van der Waals surface area contributed by atoms with Gasteiger partial charge in [0.15, 0.2) is 0 Å². The summed E-state index contributed by atoms with van der Waals surface area (Å²) in [4.78, 5) is 37.7. The van der Waals surface area contributed by atoms with Crippen LogP contribution in [0.25, 0.3) is 0 Å². The van der Waals surface area contributed by atoms with Crippen LogP contribution in [0.3, 0.4) is 0 Å². The highest BCUT2D eigenvalue weighted by Crippen LogP contribution is 2.15. The van der Waals surface area contributed by atoms with Gasteiger partial charge in [-0.25, -0.2) is 4.79 Å². The molecule has 3 rings (SSSR count). The molecule has 1 aliphatic heterocycles. The van der Waals surface area contributed by atoms with Crippen LogP contribution in [0.4, 0.5) is 4.79 Å². The van der Waals surface area contributed by atoms with Crippen LogP contribution in [-0.4, -0.2) is 46.5 Å². The molecule has 148 valence electrons. The fraction of sp³-hybridized carbons (Fsp3) is 0.350. The van der Waals surface area contributed by atoms with Crippen molar-refractivity contribution in [1.29, 1.82) is 0 Å². The maximum atomic E-state index is 12.4. The van der Waals surface area contributed by atoms with Gasteiger partial charge in [0.25, 0.3) is 5.91 Å². The zero-order valence-corrected chi connectivity index (χ0v) is 15.3. The lowest BCUT2D eigenvalue weighted by molar-refractivity contribution is -0.128. The van der Waals surface area contributed by atoms with Crippen molar-refractivity contribution < 1.29 is 23.9 Å². The first-order valence-corrected chi connectivity index (χ1v) is 9.15. The molecule has 1 saturated heterocycles. The Morgan fingerprint density at radius 1 is 1.21 bits per heavy atom. The third kappa shape index (κ3) is 4.98. The number of aliphatic hydroxyl groups excluding tert-OH is 1. The molecular formula is C20H23N3O5. The minimum absolute atomic E-state index is 0.0595. The number of carbonyl (C=O) groups excluding carboxylic acids is 3. The summed E-state index contributed by atoms with van der Waals surface area (Å²) in [5.41, 5.74) is 1.01. The number of imide groups is 1. The Morgan fingerprint density at radius 3 is 2.68 bits per heavy atom. The molecule has 28 heavy (non-hydrogen) atoms. The summed E-state index contributed by atoms with van der Waals surface area (Å²) in [5.74, 6) is -0.146. The Kier molecular flexibility index (Phi) is 6.44. The average molecular weight is 385 g/mol. The summed E-state index contributed by atoms with van der Waals surface area (Å²) in [5, 5.41) is 14.9. The Morgan fingerprint density at radius 2 is 2.00 bits per heavy atom. The molecule has 1 aromatic heterocycles. The van der Waals surface area contributed by atoms with Crippen molar-refractivity contribution >= 4 is 17.8 Å². The average Bonchev–Trinajstić information content (AvgIpc) is 3.30. The predicted octanol–water partition coefficient (Wildman–Crippen LogP) is 1.20. The maximum absolute atomic E-state index is 12.4. The van der Waals surface area contributed by atoms with Crippen LogP contribution in [0.15, 0.2) is 53.1 Å². The normalized spacial score (nSPS) is 17.5. The molecule has 8 nitrogen and oxygen atoms in total. The van der Waals surface area contributed by atoms with Crippen LogP contribution in [0, 0.1) is 0 Å². The second kappa shape index (κ2) is 9.18. The minimum atomic E-state index is -0.741. The van der Waals surface area contributed by atoms with E-state index >= 15 is 0 Å². The van der Waals surface area contributed by atoms with E-state index in [0.29, 0.717) is 12.2 Å². The highest BCUT2D eigenvalue weighted by atomic mass is 16.3. The molecule has 0 saturated carbocycles. The molecule has 2 atom stereocenters. The van der Waals surface area contributed by atoms with Crippen LogP contribution >= 0.6 is 0 Å². The molecule has 1 aromatic carbocycles. The van der Waals surface area contributed by atoms with E-state index in [0.717, 1.165) is 10.5 Å². The SMILES string of the molecule is O=C(CC[C@@H]1NC(=O)N(Cc2ccco2)C1=O)N[C@H](CO)Cc1ccccc1. The number of nitrogens with one attached hydrogen (secondary N) is 2. The summed E-state index contributed by atoms with van der Waals surface area (Å²) < 4.78 is 5.17. The first-order chi connectivity index (χ1) is 13.6. The van der Waals surface area contributed by atoms with E-state index in [4.69, 9.17) is 4.42 Å². The van der Waals surface area contributed by atoms with Crippen LogP contribution in [0.1, 0.15) is 24.2 Å². The maximum Gasteiger partial charge on any atom is 0.325 e. The van der Waals surface area contributed by atoms with Crippen LogP contribution in [-0.2, 0) is 22.6 Å². The Bertz CT molecular complexity index is 807. The number of urea groups is 1. The van der Waals surface area contributed by atoms with Gasteiger partial charge in [0, 0.05) is 6.42 Å². The third-order valence-electron chi connectivity index (χ3n) is 4.57. The predicted molar refractivity (Wildman–Crippen MR) is 100.0 cm³/mol. The van der Waals surface area contributed by atoms with Crippen LogP contribution in [0.5, 0.6) is 0 Å². The summed E-state index contributed by atoms with van der Waals surface area (Å²) in [6.07, 6.45) is 2.24. The van der Waals surface area contributed by atoms with Crippen molar-refractivity contribution in [3.05, 3.63) is 60.1 Å². The Balaban J connectivity index is 1.47. The molecule has 2 aromatic rings. The highest BCUT2D eigenvalue weighted by Gasteiger charge is 2.38. The summed E-state index contributed by atoms with van der Waals surface area (Å²) >= 11 is 0. The van der Waals surface area contributed by atoms with Gasteiger partial charge in [0.1, 0.15) is 11.8 Å². The van der Waals surface area contributed by atoms with Gasteiger partial charge in [-0.15, -0.1) is 0 Å². The minimum Gasteiger partial charge on any atom is -0.467 e. The zero-order valence-electron chi connectivity index (χ0n) is 15.3. The van der Waals surface area contributed by atoms with E-state index in [1.54, 1.807) is 12.1 Å². The molecular weight excluding hydrogens is 362 g/mol. The molecule has 0 spiro atoms. The molecule has 1 aliphatic rings. The molecule has 2 heterocycles. The fourth-order valence-electron chi connectivity index (χ4n) is 3.12. The zero-order chi connectivity index (χ0) is 19.9. The van der Waals surface area contributed by atoms with Crippen molar-refractivity contribution in [1.82, 2.24) is 15.5 Å². The van der Waals surface area contributed by atoms with Gasteiger partial charge in [0.2, 0.25) is 5.91 Å². The summed E-state index contributed by atoms with van der Waals surface area (Å²) in [6, 6.07) is 11.3. The van der Waals surface area contributed by atoms with Gasteiger partial charge in [-0.1, -0.05) is 30.3 Å². The molecule has 0 aliphatic carbocycles. The molecule has 0 bridgehead atoms. The lowest BCUT2D eigenvalue weighted by Gasteiger charge is -2.17. The smallest absolute Gasteiger partial charge is 0.325 e. The lowest BCUT2D eigenvalue weighted by atomic mass is 10.1. The van der Waals surface area contributed by atoms with Gasteiger partial charge >= 0.3 is 6.03 Å². The number of aliphatic hydroxyl groups is 1. The van der Waals surface area contributed by atoms with E-state index < -0.39 is 18.1 Å². The number of amides is 4. The van der Waals surface area contributed by atoms with Gasteiger partial charge in [0.05, 0.1) is 25.5 Å². The highest BCUT2D eigenvalue weighted by molar-refractivity contribution is 6.04. The fourth-order valence-corrected chi connectivity index (χ4v) is 3.12. The molecule has 8 heteroatoms. The van der Waals surface area contributed by atoms with Crippen molar-refractivity contribution in [3.63, 3.8) is 0 Å². The van der Waals surface area contributed by atoms with Crippen molar-refractivity contribution in [2.75, 3.05) is 6.61 Å². The standard InChI is InChI=1S/C20H23N3O5/c24-13-15(11-14-5-2-1-3-6-14)21-18(25)9-8-17-19(26)23(20(27)22-17)12-16-7-4-10-28-16/h1-7,10,15,17,24H,8-9,11-13H2,(H,21,25)(H,22,27)/t15-,17-/m0/s1. The van der Waals surface area contributed by atoms with Gasteiger partial charge in [-0.2, -0.15) is 0 Å². The van der Waals surface area contributed by atoms with Gasteiger partial charge in [-0.3, -0.25) is 14.5 Å². The monoisotopic (exact) mass is 385 g/mol. The molecule has 0 unspecified atom stereocenters. The largest absolute Gasteiger partial charge is 0.467 e. The van der Waals surface area contributed by atoms with Crippen molar-refractivity contribution in [2.24, 2.45) is 0 Å². The summed E-state index contributed by atoms with van der Waals surface area (Å²) in [6.45, 7) is -0.124. The number of hydrogen-bond donors (Lipinski definition) is 3. The molecule has 0 radical (unpaired) electrons. The Labute approximate surface area is 162 Å². The first-order valence-electron chi connectivity index (χ1n) is 9.15. The summed E-state index contributed by atoms with van der Waals surface area (Å²) in [7, 11) is 0. The Hall–Kier alpha value is -3.13. The number of rotatable bonds is 9. The molecule has 4 amide bonds. The van der Waals surface area contributed by atoms with E-state index in [1.165, 1.54) is 6.26 Å². The first kappa shape index (κ1) is 19.6. The second-order valence-corrected chi connectivity index (χ2v) is 6.68. The second-order valence-electron chi connectivity index (χ2n) is 6.68. The molecule has 1 fully saturated rings. The van der Waals surface area contributed by atoms with E-state index in [-0.39, 0.29) is 37.8 Å². The lowest BCUT2D eigenvalue weighted by Crippen LogP contribution is -2.40. The topological polar surface area (TPSA) is 112 Å². The van der Waals surface area contributed by atoms with Crippen LogP contribution < -0.4 is 10.6 Å². The molecule has 3 N–H and O–H groups in total. The van der Waals surface area contributed by atoms with E-state index in [9.17, 15) is 19.5 Å². The quantitative estimate of drug-likeness (QED) is 0.562. The number of furan rings is 1. The number of benzene rings is 1. The third-order valence-corrected chi connectivity index (χ3v) is 4.57. The van der Waals surface area contributed by atoms with Crippen molar-refractivity contribution in [2.45, 2.75) is 37.9 Å². The number of nitrogens with zero attached hydrogens (tertiary/aromatic N) is 1. The van der Waals surface area contributed by atoms with Crippen molar-refractivity contribution in [3.8, 4) is 0 Å². The van der Waals surface area contributed by atoms with E-state index in [2.05, 4.69) is 10.6 Å². The van der Waals surface area contributed by atoms with E-state index in [1.807, 2.05) is 30.3 Å². The van der Waals surface area contributed by atoms with Gasteiger partial charge in [-0.05, 0) is 30.5 Å². The van der Waals surface area contributed by atoms with Crippen LogP contribution in [0.2, 0.25) is 0 Å². The number of carbonyl (C=O) groups is 3. The van der Waals surface area contributed by atoms with Gasteiger partial charge < -0.3 is 20.2 Å².